The molecule has 1 atom stereocenters. The summed E-state index contributed by atoms with van der Waals surface area (Å²) < 4.78 is 27.1. The van der Waals surface area contributed by atoms with Crippen LogP contribution in [0, 0.1) is 11.6 Å². The van der Waals surface area contributed by atoms with Gasteiger partial charge in [-0.05, 0) is 42.7 Å². The fourth-order valence-electron chi connectivity index (χ4n) is 2.03. The van der Waals surface area contributed by atoms with Crippen LogP contribution in [0.4, 0.5) is 8.78 Å². The van der Waals surface area contributed by atoms with Gasteiger partial charge >= 0.3 is 0 Å². The van der Waals surface area contributed by atoms with Crippen LogP contribution in [0.15, 0.2) is 36.4 Å². The van der Waals surface area contributed by atoms with Gasteiger partial charge in [0.15, 0.2) is 0 Å². The van der Waals surface area contributed by atoms with Crippen molar-refractivity contribution in [2.75, 3.05) is 0 Å². The summed E-state index contributed by atoms with van der Waals surface area (Å²) in [7, 11) is 0. The van der Waals surface area contributed by atoms with E-state index in [4.69, 9.17) is 28.9 Å². The van der Waals surface area contributed by atoms with Crippen molar-refractivity contribution < 1.29 is 8.78 Å². The molecule has 0 radical (unpaired) electrons. The van der Waals surface area contributed by atoms with Crippen molar-refractivity contribution in [3.05, 3.63) is 69.2 Å². The summed E-state index contributed by atoms with van der Waals surface area (Å²) >= 11 is 11.9. The first-order valence-electron chi connectivity index (χ1n) is 6.09. The van der Waals surface area contributed by atoms with Gasteiger partial charge in [0, 0.05) is 21.7 Å². The fourth-order valence-corrected chi connectivity index (χ4v) is 2.52. The Morgan fingerprint density at radius 1 is 1.00 bits per heavy atom. The highest BCUT2D eigenvalue weighted by Gasteiger charge is 2.14. The minimum Gasteiger partial charge on any atom is -0.327 e. The maximum atomic E-state index is 13.5. The first kappa shape index (κ1) is 15.2. The largest absolute Gasteiger partial charge is 0.327 e. The van der Waals surface area contributed by atoms with Gasteiger partial charge in [-0.25, -0.2) is 8.78 Å². The first-order chi connectivity index (χ1) is 9.47. The molecule has 1 unspecified atom stereocenters. The Hall–Kier alpha value is -1.16. The van der Waals surface area contributed by atoms with Crippen LogP contribution in [0.5, 0.6) is 0 Å². The van der Waals surface area contributed by atoms with Gasteiger partial charge < -0.3 is 5.73 Å². The van der Waals surface area contributed by atoms with Crippen molar-refractivity contribution >= 4 is 23.2 Å². The van der Waals surface area contributed by atoms with Gasteiger partial charge in [-0.1, -0.05) is 35.3 Å². The summed E-state index contributed by atoms with van der Waals surface area (Å²) in [4.78, 5) is 0. The minimum absolute atomic E-state index is 0.00471. The normalized spacial score (nSPS) is 12.4. The Morgan fingerprint density at radius 3 is 2.25 bits per heavy atom. The SMILES string of the molecule is NC(Cc1ccc(Cl)cc1Cl)Cc1c(F)cccc1F. The maximum Gasteiger partial charge on any atom is 0.129 e. The highest BCUT2D eigenvalue weighted by Crippen LogP contribution is 2.23. The Bertz CT molecular complexity index is 597. The zero-order valence-electron chi connectivity index (χ0n) is 10.5. The lowest BCUT2D eigenvalue weighted by Crippen LogP contribution is -2.26. The molecular formula is C15H13Cl2F2N. The monoisotopic (exact) mass is 315 g/mol. The van der Waals surface area contributed by atoms with Crippen LogP contribution in [-0.2, 0) is 12.8 Å². The molecule has 0 aliphatic rings. The van der Waals surface area contributed by atoms with E-state index in [-0.39, 0.29) is 12.0 Å². The predicted octanol–water partition coefficient (Wildman–Crippen LogP) is 4.38. The van der Waals surface area contributed by atoms with E-state index in [1.807, 2.05) is 0 Å². The van der Waals surface area contributed by atoms with E-state index in [1.54, 1.807) is 18.2 Å². The summed E-state index contributed by atoms with van der Waals surface area (Å²) in [5, 5.41) is 1.04. The molecule has 0 saturated heterocycles. The molecule has 0 amide bonds. The lowest BCUT2D eigenvalue weighted by molar-refractivity contribution is 0.533. The number of nitrogens with two attached hydrogens (primary N) is 1. The summed E-state index contributed by atoms with van der Waals surface area (Å²) in [5.41, 5.74) is 6.77. The van der Waals surface area contributed by atoms with Crippen LogP contribution < -0.4 is 5.73 Å². The molecule has 2 rings (SSSR count). The molecule has 0 heterocycles. The van der Waals surface area contributed by atoms with Gasteiger partial charge in [0.05, 0.1) is 0 Å². The fraction of sp³-hybridized carbons (Fsp3) is 0.200. The van der Waals surface area contributed by atoms with Crippen LogP contribution in [0.2, 0.25) is 10.0 Å². The molecule has 0 aliphatic heterocycles. The standard InChI is InChI=1S/C15H13Cl2F2N/c16-10-5-4-9(13(17)7-10)6-11(20)8-12-14(18)2-1-3-15(12)19/h1-5,7,11H,6,8,20H2. The van der Waals surface area contributed by atoms with Gasteiger partial charge in [-0.15, -0.1) is 0 Å². The van der Waals surface area contributed by atoms with E-state index in [9.17, 15) is 8.78 Å². The van der Waals surface area contributed by atoms with E-state index in [2.05, 4.69) is 0 Å². The number of benzene rings is 2. The Labute approximate surface area is 126 Å². The summed E-state index contributed by atoms with van der Waals surface area (Å²) in [6.07, 6.45) is 0.529. The number of halogens is 4. The molecule has 0 aliphatic carbocycles. The molecule has 2 N–H and O–H groups in total. The summed E-state index contributed by atoms with van der Waals surface area (Å²) in [6.45, 7) is 0. The lowest BCUT2D eigenvalue weighted by Gasteiger charge is -2.14. The van der Waals surface area contributed by atoms with Crippen LogP contribution >= 0.6 is 23.2 Å². The molecule has 0 aromatic heterocycles. The first-order valence-corrected chi connectivity index (χ1v) is 6.85. The molecular weight excluding hydrogens is 303 g/mol. The lowest BCUT2D eigenvalue weighted by atomic mass is 9.99. The van der Waals surface area contributed by atoms with Crippen LogP contribution in [-0.4, -0.2) is 6.04 Å². The summed E-state index contributed by atoms with van der Waals surface area (Å²) in [6, 6.07) is 8.44. The molecule has 1 nitrogen and oxygen atoms in total. The smallest absolute Gasteiger partial charge is 0.129 e. The molecule has 0 bridgehead atoms. The molecule has 0 saturated carbocycles. The molecule has 2 aromatic rings. The van der Waals surface area contributed by atoms with Crippen molar-refractivity contribution in [2.24, 2.45) is 5.73 Å². The van der Waals surface area contributed by atoms with Crippen LogP contribution in [0.25, 0.3) is 0 Å². The molecule has 20 heavy (non-hydrogen) atoms. The van der Waals surface area contributed by atoms with Gasteiger partial charge in [-0.3, -0.25) is 0 Å². The van der Waals surface area contributed by atoms with E-state index < -0.39 is 17.7 Å². The topological polar surface area (TPSA) is 26.0 Å². The van der Waals surface area contributed by atoms with Gasteiger partial charge in [0.1, 0.15) is 11.6 Å². The molecule has 5 heteroatoms. The third-order valence-electron chi connectivity index (χ3n) is 3.03. The maximum absolute atomic E-state index is 13.5. The van der Waals surface area contributed by atoms with E-state index >= 15 is 0 Å². The van der Waals surface area contributed by atoms with Gasteiger partial charge in [0.25, 0.3) is 0 Å². The zero-order chi connectivity index (χ0) is 14.7. The van der Waals surface area contributed by atoms with E-state index in [0.29, 0.717) is 16.5 Å². The van der Waals surface area contributed by atoms with Crippen molar-refractivity contribution in [1.82, 2.24) is 0 Å². The average molecular weight is 316 g/mol. The molecule has 106 valence electrons. The summed E-state index contributed by atoms with van der Waals surface area (Å²) in [5.74, 6) is -1.16. The molecule has 0 spiro atoms. The van der Waals surface area contributed by atoms with E-state index in [1.165, 1.54) is 18.2 Å². The Morgan fingerprint density at radius 2 is 1.65 bits per heavy atom. The van der Waals surface area contributed by atoms with E-state index in [0.717, 1.165) is 5.56 Å². The highest BCUT2D eigenvalue weighted by molar-refractivity contribution is 6.35. The average Bonchev–Trinajstić information content (AvgIpc) is 2.37. The zero-order valence-corrected chi connectivity index (χ0v) is 12.1. The van der Waals surface area contributed by atoms with Crippen molar-refractivity contribution in [3.8, 4) is 0 Å². The molecule has 2 aromatic carbocycles. The third kappa shape index (κ3) is 3.69. The van der Waals surface area contributed by atoms with Gasteiger partial charge in [-0.2, -0.15) is 0 Å². The number of hydrogen-bond donors (Lipinski definition) is 1. The second-order valence-corrected chi connectivity index (χ2v) is 5.45. The number of hydrogen-bond acceptors (Lipinski definition) is 1. The Balaban J connectivity index is 2.11. The predicted molar refractivity (Wildman–Crippen MR) is 78.2 cm³/mol. The van der Waals surface area contributed by atoms with Crippen molar-refractivity contribution in [2.45, 2.75) is 18.9 Å². The Kier molecular flexibility index (Phi) is 4.97. The second-order valence-electron chi connectivity index (χ2n) is 4.60. The van der Waals surface area contributed by atoms with Crippen molar-refractivity contribution in [1.29, 1.82) is 0 Å². The number of rotatable bonds is 4. The quantitative estimate of drug-likeness (QED) is 0.890. The molecule has 0 fully saturated rings. The van der Waals surface area contributed by atoms with Crippen LogP contribution in [0.3, 0.4) is 0 Å². The highest BCUT2D eigenvalue weighted by atomic mass is 35.5. The third-order valence-corrected chi connectivity index (χ3v) is 3.61. The van der Waals surface area contributed by atoms with Gasteiger partial charge in [0.2, 0.25) is 0 Å². The van der Waals surface area contributed by atoms with Crippen molar-refractivity contribution in [3.63, 3.8) is 0 Å². The minimum atomic E-state index is -0.581. The van der Waals surface area contributed by atoms with Crippen LogP contribution in [0.1, 0.15) is 11.1 Å². The second kappa shape index (κ2) is 6.53.